The summed E-state index contributed by atoms with van der Waals surface area (Å²) in [7, 11) is 0. The lowest BCUT2D eigenvalue weighted by Crippen LogP contribution is -2.42. The van der Waals surface area contributed by atoms with Gasteiger partial charge in [-0.25, -0.2) is 0 Å². The van der Waals surface area contributed by atoms with Crippen molar-refractivity contribution in [2.45, 2.75) is 33.3 Å². The number of nitrogens with zero attached hydrogens (tertiary/aromatic N) is 2. The minimum Gasteiger partial charge on any atom is -0.395 e. The molecule has 6 heteroatoms. The predicted molar refractivity (Wildman–Crippen MR) is 65.6 cm³/mol. The molecule has 1 amide bonds. The van der Waals surface area contributed by atoms with Gasteiger partial charge in [0.05, 0.1) is 17.0 Å². The third kappa shape index (κ3) is 3.20. The topological polar surface area (TPSA) is 95.2 Å². The number of nitrogen functional groups attached to an aromatic ring is 1. The molecule has 6 nitrogen and oxygen atoms in total. The van der Waals surface area contributed by atoms with E-state index in [2.05, 4.69) is 10.2 Å². The number of nitrogens with one attached hydrogen (secondary N) is 1. The lowest BCUT2D eigenvalue weighted by atomic mass is 10.1. The molecule has 1 rings (SSSR count). The highest BCUT2D eigenvalue weighted by atomic mass is 16.3. The number of amides is 1. The Kier molecular flexibility index (Phi) is 3.77. The summed E-state index contributed by atoms with van der Waals surface area (Å²) in [6, 6.07) is 0. The Bertz CT molecular complexity index is 406. The first kappa shape index (κ1) is 13.5. The third-order valence-corrected chi connectivity index (χ3v) is 2.44. The molecule has 96 valence electrons. The van der Waals surface area contributed by atoms with Crippen LogP contribution in [0.2, 0.25) is 0 Å². The molecule has 0 aliphatic carbocycles. The number of likely N-dealkylation sites (N-methyl/N-ethyl adjacent to an activating group) is 1. The second-order valence-corrected chi connectivity index (χ2v) is 4.74. The van der Waals surface area contributed by atoms with Crippen LogP contribution in [-0.2, 0) is 0 Å². The van der Waals surface area contributed by atoms with Gasteiger partial charge in [-0.05, 0) is 27.7 Å². The van der Waals surface area contributed by atoms with E-state index in [4.69, 9.17) is 5.73 Å². The minimum atomic E-state index is -0.939. The molecule has 0 spiro atoms. The van der Waals surface area contributed by atoms with Crippen LogP contribution in [0.15, 0.2) is 0 Å². The summed E-state index contributed by atoms with van der Waals surface area (Å²) in [5.74, 6) is -0.267. The molecule has 0 saturated carbocycles. The van der Waals surface area contributed by atoms with Crippen molar-refractivity contribution < 1.29 is 9.90 Å². The van der Waals surface area contributed by atoms with Gasteiger partial charge in [0.25, 0.3) is 5.91 Å². The van der Waals surface area contributed by atoms with Crippen molar-refractivity contribution in [2.75, 3.05) is 18.8 Å². The smallest absolute Gasteiger partial charge is 0.276 e. The highest BCUT2D eigenvalue weighted by Crippen LogP contribution is 2.16. The van der Waals surface area contributed by atoms with Crippen molar-refractivity contribution in [1.82, 2.24) is 15.1 Å². The van der Waals surface area contributed by atoms with Gasteiger partial charge in [-0.15, -0.1) is 0 Å². The average Bonchev–Trinajstić information content (AvgIpc) is 2.54. The fourth-order valence-corrected chi connectivity index (χ4v) is 1.54. The Balaban J connectivity index is 2.91. The van der Waals surface area contributed by atoms with E-state index in [0.29, 0.717) is 17.9 Å². The summed E-state index contributed by atoms with van der Waals surface area (Å²) in [4.78, 5) is 13.7. The average molecular weight is 240 g/mol. The number of rotatable bonds is 4. The zero-order valence-electron chi connectivity index (χ0n) is 10.7. The maximum atomic E-state index is 12.1. The lowest BCUT2D eigenvalue weighted by Gasteiger charge is -2.27. The first-order valence-electron chi connectivity index (χ1n) is 5.58. The quantitative estimate of drug-likeness (QED) is 0.715. The normalized spacial score (nSPS) is 11.6. The number of carbonyl (C=O) groups excluding carboxylic acids is 1. The first-order chi connectivity index (χ1) is 7.76. The van der Waals surface area contributed by atoms with Crippen molar-refractivity contribution >= 4 is 11.6 Å². The summed E-state index contributed by atoms with van der Waals surface area (Å²) in [6.45, 7) is 7.65. The number of aromatic amines is 1. The summed E-state index contributed by atoms with van der Waals surface area (Å²) in [5.41, 5.74) is 6.07. The van der Waals surface area contributed by atoms with Crippen LogP contribution in [0.1, 0.15) is 37.0 Å². The lowest BCUT2D eigenvalue weighted by molar-refractivity contribution is 0.0312. The molecule has 0 aromatic carbocycles. The Morgan fingerprint density at radius 2 is 2.18 bits per heavy atom. The monoisotopic (exact) mass is 240 g/mol. The van der Waals surface area contributed by atoms with Crippen molar-refractivity contribution in [3.8, 4) is 0 Å². The van der Waals surface area contributed by atoms with Gasteiger partial charge in [-0.3, -0.25) is 9.89 Å². The second kappa shape index (κ2) is 4.75. The molecule has 1 heterocycles. The minimum absolute atomic E-state index is 0.216. The van der Waals surface area contributed by atoms with Gasteiger partial charge in [-0.1, -0.05) is 0 Å². The summed E-state index contributed by atoms with van der Waals surface area (Å²) < 4.78 is 0. The van der Waals surface area contributed by atoms with E-state index < -0.39 is 5.60 Å². The molecule has 0 fully saturated rings. The number of aliphatic hydroxyl groups is 1. The molecule has 1 aromatic rings. The molecule has 0 aliphatic rings. The molecule has 0 saturated heterocycles. The van der Waals surface area contributed by atoms with Crippen LogP contribution in [0.3, 0.4) is 0 Å². The number of carbonyl (C=O) groups is 1. The maximum absolute atomic E-state index is 12.1. The van der Waals surface area contributed by atoms with Gasteiger partial charge in [0.15, 0.2) is 5.69 Å². The Morgan fingerprint density at radius 1 is 1.59 bits per heavy atom. The highest BCUT2D eigenvalue weighted by molar-refractivity contribution is 5.97. The largest absolute Gasteiger partial charge is 0.395 e. The standard InChI is InChI=1S/C11H20N4O2/c1-5-15(6-11(3,4)17)10(16)9-8(12)7(2)13-14-9/h17H,5-6,12H2,1-4H3,(H,13,14). The zero-order valence-corrected chi connectivity index (χ0v) is 10.7. The Labute approximate surface area is 101 Å². The molecule has 0 radical (unpaired) electrons. The number of nitrogens with two attached hydrogens (primary N) is 1. The number of hydrogen-bond acceptors (Lipinski definition) is 4. The molecular weight excluding hydrogens is 220 g/mol. The Morgan fingerprint density at radius 3 is 2.53 bits per heavy atom. The van der Waals surface area contributed by atoms with Crippen molar-refractivity contribution in [1.29, 1.82) is 0 Å². The van der Waals surface area contributed by atoms with Gasteiger partial charge >= 0.3 is 0 Å². The maximum Gasteiger partial charge on any atom is 0.276 e. The second-order valence-electron chi connectivity index (χ2n) is 4.74. The highest BCUT2D eigenvalue weighted by Gasteiger charge is 2.25. The van der Waals surface area contributed by atoms with Crippen LogP contribution in [0.25, 0.3) is 0 Å². The zero-order chi connectivity index (χ0) is 13.2. The van der Waals surface area contributed by atoms with Crippen LogP contribution < -0.4 is 5.73 Å². The van der Waals surface area contributed by atoms with E-state index in [1.165, 1.54) is 4.90 Å². The van der Waals surface area contributed by atoms with Gasteiger partial charge in [-0.2, -0.15) is 5.10 Å². The van der Waals surface area contributed by atoms with E-state index in [1.807, 2.05) is 6.92 Å². The van der Waals surface area contributed by atoms with E-state index in [9.17, 15) is 9.90 Å². The molecule has 4 N–H and O–H groups in total. The van der Waals surface area contributed by atoms with E-state index >= 15 is 0 Å². The molecule has 1 aromatic heterocycles. The summed E-state index contributed by atoms with van der Waals surface area (Å²) >= 11 is 0. The van der Waals surface area contributed by atoms with Gasteiger partial charge in [0.2, 0.25) is 0 Å². The number of hydrogen-bond donors (Lipinski definition) is 3. The molecule has 17 heavy (non-hydrogen) atoms. The van der Waals surface area contributed by atoms with Gasteiger partial charge < -0.3 is 15.7 Å². The fraction of sp³-hybridized carbons (Fsp3) is 0.636. The number of aromatic nitrogens is 2. The molecule has 0 atom stereocenters. The van der Waals surface area contributed by atoms with Crippen LogP contribution in [-0.4, -0.2) is 44.8 Å². The van der Waals surface area contributed by atoms with Crippen molar-refractivity contribution in [2.24, 2.45) is 0 Å². The van der Waals surface area contributed by atoms with Crippen LogP contribution in [0.4, 0.5) is 5.69 Å². The van der Waals surface area contributed by atoms with Crippen molar-refractivity contribution in [3.63, 3.8) is 0 Å². The molecule has 0 aliphatic heterocycles. The first-order valence-corrected chi connectivity index (χ1v) is 5.58. The van der Waals surface area contributed by atoms with E-state index in [1.54, 1.807) is 20.8 Å². The van der Waals surface area contributed by atoms with E-state index in [-0.39, 0.29) is 18.1 Å². The predicted octanol–water partition coefficient (Wildman–Crippen LogP) is 0.533. The fourth-order valence-electron chi connectivity index (χ4n) is 1.54. The Hall–Kier alpha value is -1.56. The van der Waals surface area contributed by atoms with Crippen molar-refractivity contribution in [3.05, 3.63) is 11.4 Å². The van der Waals surface area contributed by atoms with E-state index in [0.717, 1.165) is 0 Å². The van der Waals surface area contributed by atoms with Gasteiger partial charge in [0.1, 0.15) is 0 Å². The molecular formula is C11H20N4O2. The van der Waals surface area contributed by atoms with Crippen LogP contribution in [0, 0.1) is 6.92 Å². The number of anilines is 1. The molecule has 0 unspecified atom stereocenters. The molecule has 0 bridgehead atoms. The SMILES string of the molecule is CCN(CC(C)(C)O)C(=O)c1n[nH]c(C)c1N. The summed E-state index contributed by atoms with van der Waals surface area (Å²) in [6.07, 6.45) is 0. The number of aryl methyl sites for hydroxylation is 1. The van der Waals surface area contributed by atoms with Crippen LogP contribution >= 0.6 is 0 Å². The number of H-pyrrole nitrogens is 1. The van der Waals surface area contributed by atoms with Crippen LogP contribution in [0.5, 0.6) is 0 Å². The van der Waals surface area contributed by atoms with Gasteiger partial charge in [0, 0.05) is 13.1 Å². The third-order valence-electron chi connectivity index (χ3n) is 2.44. The summed E-state index contributed by atoms with van der Waals surface area (Å²) in [5, 5.41) is 16.3.